The number of thiazole rings is 1. The molecule has 0 saturated heterocycles. The van der Waals surface area contributed by atoms with Gasteiger partial charge in [-0.2, -0.15) is 0 Å². The Morgan fingerprint density at radius 3 is 2.92 bits per heavy atom. The van der Waals surface area contributed by atoms with E-state index in [0.29, 0.717) is 5.01 Å². The fraction of sp³-hybridized carbons (Fsp3) is 0. The van der Waals surface area contributed by atoms with E-state index in [4.69, 9.17) is 0 Å². The molecule has 0 saturated carbocycles. The standard InChI is InChI=1S/C9H6N2OS/c12-6-9-11-5-8(13-9)7-2-1-3-10-4-7/h1-6H. The van der Waals surface area contributed by atoms with Gasteiger partial charge in [0.1, 0.15) is 0 Å². The Hall–Kier alpha value is -1.55. The molecule has 0 amide bonds. The zero-order chi connectivity index (χ0) is 9.10. The van der Waals surface area contributed by atoms with Crippen LogP contribution in [0.25, 0.3) is 10.4 Å². The van der Waals surface area contributed by atoms with E-state index in [1.54, 1.807) is 18.6 Å². The van der Waals surface area contributed by atoms with E-state index in [-0.39, 0.29) is 0 Å². The maximum absolute atomic E-state index is 10.4. The highest BCUT2D eigenvalue weighted by Crippen LogP contribution is 2.23. The molecule has 2 heterocycles. The van der Waals surface area contributed by atoms with Crippen LogP contribution in [0, 0.1) is 0 Å². The van der Waals surface area contributed by atoms with Crippen molar-refractivity contribution >= 4 is 17.6 Å². The Bertz CT molecular complexity index is 411. The first-order chi connectivity index (χ1) is 6.40. The van der Waals surface area contributed by atoms with Gasteiger partial charge in [0.25, 0.3) is 0 Å². The van der Waals surface area contributed by atoms with E-state index in [9.17, 15) is 4.79 Å². The van der Waals surface area contributed by atoms with Gasteiger partial charge in [-0.1, -0.05) is 6.07 Å². The summed E-state index contributed by atoms with van der Waals surface area (Å²) in [7, 11) is 0. The van der Waals surface area contributed by atoms with E-state index >= 15 is 0 Å². The number of nitrogens with zero attached hydrogens (tertiary/aromatic N) is 2. The quantitative estimate of drug-likeness (QED) is 0.680. The Labute approximate surface area is 79.1 Å². The summed E-state index contributed by atoms with van der Waals surface area (Å²) < 4.78 is 0. The van der Waals surface area contributed by atoms with E-state index in [1.165, 1.54) is 11.3 Å². The highest BCUT2D eigenvalue weighted by Gasteiger charge is 2.02. The van der Waals surface area contributed by atoms with Gasteiger partial charge >= 0.3 is 0 Å². The average Bonchev–Trinajstić information content (AvgIpc) is 2.67. The lowest BCUT2D eigenvalue weighted by Crippen LogP contribution is -1.72. The fourth-order valence-electron chi connectivity index (χ4n) is 0.984. The molecule has 0 unspecified atom stereocenters. The minimum absolute atomic E-state index is 0.499. The third-order valence-corrected chi connectivity index (χ3v) is 2.54. The number of pyridine rings is 1. The average molecular weight is 190 g/mol. The van der Waals surface area contributed by atoms with Crippen LogP contribution in [-0.4, -0.2) is 16.3 Å². The maximum atomic E-state index is 10.4. The first-order valence-electron chi connectivity index (χ1n) is 3.71. The molecular formula is C9H6N2OS. The van der Waals surface area contributed by atoms with E-state index in [0.717, 1.165) is 16.7 Å². The summed E-state index contributed by atoms with van der Waals surface area (Å²) in [5.41, 5.74) is 0.994. The second kappa shape index (κ2) is 3.45. The SMILES string of the molecule is O=Cc1ncc(-c2cccnc2)s1. The summed E-state index contributed by atoms with van der Waals surface area (Å²) in [6, 6.07) is 3.80. The first-order valence-corrected chi connectivity index (χ1v) is 4.53. The molecule has 0 aliphatic heterocycles. The van der Waals surface area contributed by atoms with Crippen LogP contribution in [0.4, 0.5) is 0 Å². The van der Waals surface area contributed by atoms with Crippen molar-refractivity contribution in [3.8, 4) is 10.4 Å². The largest absolute Gasteiger partial charge is 0.295 e. The Balaban J connectivity index is 2.41. The highest BCUT2D eigenvalue weighted by atomic mass is 32.1. The van der Waals surface area contributed by atoms with Crippen LogP contribution in [0.1, 0.15) is 9.80 Å². The van der Waals surface area contributed by atoms with Gasteiger partial charge in [-0.15, -0.1) is 11.3 Å². The molecule has 64 valence electrons. The van der Waals surface area contributed by atoms with Gasteiger partial charge in [-0.25, -0.2) is 4.98 Å². The molecule has 0 bridgehead atoms. The van der Waals surface area contributed by atoms with Gasteiger partial charge in [0, 0.05) is 24.2 Å². The maximum Gasteiger partial charge on any atom is 0.178 e. The van der Waals surface area contributed by atoms with Crippen molar-refractivity contribution in [2.45, 2.75) is 0 Å². The Morgan fingerprint density at radius 1 is 1.38 bits per heavy atom. The summed E-state index contributed by atoms with van der Waals surface area (Å²) in [6.07, 6.45) is 5.91. The van der Waals surface area contributed by atoms with Gasteiger partial charge < -0.3 is 0 Å². The van der Waals surface area contributed by atoms with Crippen LogP contribution >= 0.6 is 11.3 Å². The summed E-state index contributed by atoms with van der Waals surface area (Å²) in [5.74, 6) is 0. The molecule has 0 aliphatic rings. The molecule has 0 fully saturated rings. The number of hydrogen-bond acceptors (Lipinski definition) is 4. The second-order valence-electron chi connectivity index (χ2n) is 2.42. The van der Waals surface area contributed by atoms with Crippen molar-refractivity contribution in [1.82, 2.24) is 9.97 Å². The third kappa shape index (κ3) is 1.62. The third-order valence-electron chi connectivity index (χ3n) is 1.57. The van der Waals surface area contributed by atoms with Crippen molar-refractivity contribution in [2.75, 3.05) is 0 Å². The minimum atomic E-state index is 0.499. The van der Waals surface area contributed by atoms with Gasteiger partial charge in [-0.05, 0) is 6.07 Å². The van der Waals surface area contributed by atoms with Crippen LogP contribution in [0.5, 0.6) is 0 Å². The number of aromatic nitrogens is 2. The molecule has 0 spiro atoms. The van der Waals surface area contributed by atoms with Crippen LogP contribution in [0.3, 0.4) is 0 Å². The minimum Gasteiger partial charge on any atom is -0.295 e. The summed E-state index contributed by atoms with van der Waals surface area (Å²) in [5, 5.41) is 0.499. The van der Waals surface area contributed by atoms with Crippen molar-refractivity contribution < 1.29 is 4.79 Å². The topological polar surface area (TPSA) is 42.9 Å². The number of carbonyl (C=O) groups is 1. The molecule has 4 heteroatoms. The predicted molar refractivity (Wildman–Crippen MR) is 50.7 cm³/mol. The van der Waals surface area contributed by atoms with Gasteiger partial charge in [0.05, 0.1) is 4.88 Å². The van der Waals surface area contributed by atoms with Crippen LogP contribution in [0.15, 0.2) is 30.7 Å². The molecule has 0 aliphatic carbocycles. The van der Waals surface area contributed by atoms with E-state index in [1.807, 2.05) is 12.1 Å². The molecular weight excluding hydrogens is 184 g/mol. The lowest BCUT2D eigenvalue weighted by atomic mass is 10.3. The molecule has 2 aromatic rings. The van der Waals surface area contributed by atoms with Crippen molar-refractivity contribution in [2.24, 2.45) is 0 Å². The molecule has 0 aromatic carbocycles. The second-order valence-corrected chi connectivity index (χ2v) is 3.48. The van der Waals surface area contributed by atoms with E-state index < -0.39 is 0 Å². The van der Waals surface area contributed by atoms with Crippen molar-refractivity contribution in [3.63, 3.8) is 0 Å². The van der Waals surface area contributed by atoms with Gasteiger partial charge in [-0.3, -0.25) is 9.78 Å². The number of carbonyl (C=O) groups excluding carboxylic acids is 1. The lowest BCUT2D eigenvalue weighted by molar-refractivity contribution is 0.112. The Kier molecular flexibility index (Phi) is 2.14. The molecule has 0 atom stereocenters. The number of hydrogen-bond donors (Lipinski definition) is 0. The smallest absolute Gasteiger partial charge is 0.178 e. The molecule has 13 heavy (non-hydrogen) atoms. The van der Waals surface area contributed by atoms with E-state index in [2.05, 4.69) is 9.97 Å². The molecule has 2 rings (SSSR count). The monoisotopic (exact) mass is 190 g/mol. The van der Waals surface area contributed by atoms with Crippen LogP contribution in [0.2, 0.25) is 0 Å². The van der Waals surface area contributed by atoms with Gasteiger partial charge in [0.2, 0.25) is 0 Å². The zero-order valence-electron chi connectivity index (χ0n) is 6.68. The number of rotatable bonds is 2. The lowest BCUT2D eigenvalue weighted by Gasteiger charge is -1.91. The predicted octanol–water partition coefficient (Wildman–Crippen LogP) is 2.02. The van der Waals surface area contributed by atoms with Crippen LogP contribution < -0.4 is 0 Å². The normalized spacial score (nSPS) is 9.85. The summed E-state index contributed by atoms with van der Waals surface area (Å²) in [6.45, 7) is 0. The molecule has 0 N–H and O–H groups in total. The van der Waals surface area contributed by atoms with Crippen LogP contribution in [-0.2, 0) is 0 Å². The zero-order valence-corrected chi connectivity index (χ0v) is 7.49. The first kappa shape index (κ1) is 8.07. The highest BCUT2D eigenvalue weighted by molar-refractivity contribution is 7.16. The Morgan fingerprint density at radius 2 is 2.31 bits per heavy atom. The van der Waals surface area contributed by atoms with Crippen molar-refractivity contribution in [1.29, 1.82) is 0 Å². The number of aldehydes is 1. The molecule has 0 radical (unpaired) electrons. The molecule has 2 aromatic heterocycles. The van der Waals surface area contributed by atoms with Gasteiger partial charge in [0.15, 0.2) is 11.3 Å². The fourth-order valence-corrected chi connectivity index (χ4v) is 1.71. The summed E-state index contributed by atoms with van der Waals surface area (Å²) >= 11 is 1.37. The van der Waals surface area contributed by atoms with Crippen molar-refractivity contribution in [3.05, 3.63) is 35.7 Å². The molecule has 3 nitrogen and oxygen atoms in total. The summed E-state index contributed by atoms with van der Waals surface area (Å²) in [4.78, 5) is 19.3.